The van der Waals surface area contributed by atoms with Crippen molar-refractivity contribution in [3.63, 3.8) is 0 Å². The molecule has 0 bridgehead atoms. The number of aliphatic carboxylic acids is 1. The first kappa shape index (κ1) is 16.9. The molecule has 128 valence electrons. The normalized spacial score (nSPS) is 18.6. The van der Waals surface area contributed by atoms with Crippen LogP contribution in [0, 0.1) is 0 Å². The number of thiophene rings is 1. The monoisotopic (exact) mass is 347 g/mol. The summed E-state index contributed by atoms with van der Waals surface area (Å²) in [4.78, 5) is 25.4. The van der Waals surface area contributed by atoms with E-state index in [9.17, 15) is 9.59 Å². The van der Waals surface area contributed by atoms with Crippen molar-refractivity contribution in [1.29, 1.82) is 0 Å². The van der Waals surface area contributed by atoms with E-state index in [1.165, 1.54) is 21.6 Å². The number of carboxylic acid groups (broad SMARTS) is 1. The Kier molecular flexibility index (Phi) is 5.11. The number of likely N-dealkylation sites (tertiary alicyclic amines) is 1. The van der Waals surface area contributed by atoms with E-state index < -0.39 is 5.97 Å². The highest BCUT2D eigenvalue weighted by molar-refractivity contribution is 7.12. The number of carbonyl (C=O) groups is 2. The van der Waals surface area contributed by atoms with Crippen LogP contribution in [0.2, 0.25) is 0 Å². The molecule has 0 aromatic carbocycles. The Balaban J connectivity index is 1.62. The van der Waals surface area contributed by atoms with Crippen LogP contribution < -0.4 is 0 Å². The lowest BCUT2D eigenvalue weighted by molar-refractivity contribution is -0.137. The van der Waals surface area contributed by atoms with Crippen LogP contribution in [0.1, 0.15) is 46.6 Å². The third-order valence-corrected chi connectivity index (χ3v) is 5.37. The molecule has 2 aromatic rings. The zero-order valence-electron chi connectivity index (χ0n) is 13.6. The molecule has 1 aliphatic heterocycles. The van der Waals surface area contributed by atoms with E-state index >= 15 is 0 Å². The van der Waals surface area contributed by atoms with Gasteiger partial charge in [0.1, 0.15) is 6.54 Å². The van der Waals surface area contributed by atoms with Crippen LogP contribution in [-0.4, -0.2) is 44.6 Å². The fraction of sp³-hybridized carbons (Fsp3) is 0.471. The molecular formula is C17H21N3O3S. The molecule has 24 heavy (non-hydrogen) atoms. The molecule has 0 aliphatic carbocycles. The minimum atomic E-state index is -0.881. The largest absolute Gasteiger partial charge is 0.480 e. The average molecular weight is 347 g/mol. The molecule has 0 saturated carbocycles. The molecule has 0 radical (unpaired) electrons. The molecular weight excluding hydrogens is 326 g/mol. The summed E-state index contributed by atoms with van der Waals surface area (Å²) in [5, 5.41) is 15.3. The van der Waals surface area contributed by atoms with Crippen LogP contribution in [0.5, 0.6) is 0 Å². The standard InChI is InChI=1S/C17H21N3O3S/c1-12(21)16-7-13(11-24-16)8-19-5-2-3-14(9-19)15-4-6-20(18-15)10-17(22)23/h4,6-7,11,14H,2-3,5,8-10H2,1H3,(H,22,23)/t14-/m0/s1. The second-order valence-electron chi connectivity index (χ2n) is 6.28. The van der Waals surface area contributed by atoms with Gasteiger partial charge in [0, 0.05) is 25.2 Å². The Morgan fingerprint density at radius 3 is 3.00 bits per heavy atom. The summed E-state index contributed by atoms with van der Waals surface area (Å²) in [5.41, 5.74) is 2.15. The Morgan fingerprint density at radius 2 is 2.29 bits per heavy atom. The van der Waals surface area contributed by atoms with E-state index in [0.717, 1.165) is 43.0 Å². The molecule has 0 spiro atoms. The number of rotatable bonds is 6. The molecule has 0 unspecified atom stereocenters. The molecule has 3 heterocycles. The number of piperidine rings is 1. The first-order valence-corrected chi connectivity index (χ1v) is 8.95. The number of hydrogen-bond donors (Lipinski definition) is 1. The summed E-state index contributed by atoms with van der Waals surface area (Å²) in [6.45, 7) is 4.29. The second kappa shape index (κ2) is 7.27. The second-order valence-corrected chi connectivity index (χ2v) is 7.19. The van der Waals surface area contributed by atoms with Crippen LogP contribution in [0.15, 0.2) is 23.7 Å². The molecule has 7 heteroatoms. The van der Waals surface area contributed by atoms with Gasteiger partial charge in [0.05, 0.1) is 10.6 Å². The average Bonchev–Trinajstić information content (AvgIpc) is 3.16. The number of hydrogen-bond acceptors (Lipinski definition) is 5. The van der Waals surface area contributed by atoms with E-state index in [2.05, 4.69) is 15.4 Å². The summed E-state index contributed by atoms with van der Waals surface area (Å²) in [5.74, 6) is -0.430. The molecule has 1 atom stereocenters. The lowest BCUT2D eigenvalue weighted by atomic mass is 9.95. The highest BCUT2D eigenvalue weighted by Gasteiger charge is 2.23. The van der Waals surface area contributed by atoms with Crippen molar-refractivity contribution in [2.75, 3.05) is 13.1 Å². The SMILES string of the molecule is CC(=O)c1cc(CN2CCC[C@H](c3ccn(CC(=O)O)n3)C2)cs1. The van der Waals surface area contributed by atoms with Crippen molar-refractivity contribution < 1.29 is 14.7 Å². The maximum atomic E-state index is 11.4. The van der Waals surface area contributed by atoms with Crippen molar-refractivity contribution in [3.8, 4) is 0 Å². The Morgan fingerprint density at radius 1 is 1.46 bits per heavy atom. The maximum absolute atomic E-state index is 11.4. The van der Waals surface area contributed by atoms with E-state index in [4.69, 9.17) is 5.11 Å². The number of aromatic nitrogens is 2. The number of nitrogens with zero attached hydrogens (tertiary/aromatic N) is 3. The molecule has 1 fully saturated rings. The zero-order chi connectivity index (χ0) is 17.1. The quantitative estimate of drug-likeness (QED) is 0.813. The lowest BCUT2D eigenvalue weighted by Crippen LogP contribution is -2.34. The number of carboxylic acids is 1. The first-order valence-electron chi connectivity index (χ1n) is 8.07. The molecule has 3 rings (SSSR count). The van der Waals surface area contributed by atoms with Gasteiger partial charge in [-0.15, -0.1) is 11.3 Å². The van der Waals surface area contributed by atoms with E-state index in [-0.39, 0.29) is 12.3 Å². The first-order chi connectivity index (χ1) is 11.5. The highest BCUT2D eigenvalue weighted by atomic mass is 32.1. The zero-order valence-corrected chi connectivity index (χ0v) is 14.5. The Bertz CT molecular complexity index is 737. The third kappa shape index (κ3) is 4.10. The topological polar surface area (TPSA) is 75.4 Å². The van der Waals surface area contributed by atoms with Crippen molar-refractivity contribution in [2.24, 2.45) is 0 Å². The smallest absolute Gasteiger partial charge is 0.325 e. The van der Waals surface area contributed by atoms with Crippen LogP contribution in [0.3, 0.4) is 0 Å². The minimum Gasteiger partial charge on any atom is -0.480 e. The van der Waals surface area contributed by atoms with Gasteiger partial charge in [-0.2, -0.15) is 5.10 Å². The molecule has 0 amide bonds. The molecule has 2 aromatic heterocycles. The molecule has 6 nitrogen and oxygen atoms in total. The third-order valence-electron chi connectivity index (χ3n) is 4.29. The predicted molar refractivity (Wildman–Crippen MR) is 91.4 cm³/mol. The summed E-state index contributed by atoms with van der Waals surface area (Å²) < 4.78 is 1.48. The minimum absolute atomic E-state index is 0.0981. The van der Waals surface area contributed by atoms with Gasteiger partial charge < -0.3 is 5.11 Å². The van der Waals surface area contributed by atoms with Crippen LogP contribution in [0.25, 0.3) is 0 Å². The van der Waals surface area contributed by atoms with Gasteiger partial charge in [-0.25, -0.2) is 0 Å². The van der Waals surface area contributed by atoms with Crippen molar-refractivity contribution in [3.05, 3.63) is 39.8 Å². The van der Waals surface area contributed by atoms with Crippen LogP contribution in [-0.2, 0) is 17.9 Å². The number of ketones is 1. The predicted octanol–water partition coefficient (Wildman–Crippen LogP) is 2.61. The van der Waals surface area contributed by atoms with E-state index in [0.29, 0.717) is 5.92 Å². The van der Waals surface area contributed by atoms with E-state index in [1.54, 1.807) is 13.1 Å². The molecule has 1 N–H and O–H groups in total. The fourth-order valence-corrected chi connectivity index (χ4v) is 3.97. The van der Waals surface area contributed by atoms with Crippen molar-refractivity contribution >= 4 is 23.1 Å². The highest BCUT2D eigenvalue weighted by Crippen LogP contribution is 2.27. The van der Waals surface area contributed by atoms with Gasteiger partial charge in [0.2, 0.25) is 0 Å². The van der Waals surface area contributed by atoms with Crippen molar-refractivity contribution in [2.45, 2.75) is 38.8 Å². The number of Topliss-reactive ketones (excluding diaryl/α,β-unsaturated/α-hetero) is 1. The summed E-state index contributed by atoms with van der Waals surface area (Å²) in [6.07, 6.45) is 3.91. The summed E-state index contributed by atoms with van der Waals surface area (Å²) in [7, 11) is 0. The van der Waals surface area contributed by atoms with Crippen molar-refractivity contribution in [1.82, 2.24) is 14.7 Å². The molecule has 1 aliphatic rings. The number of carbonyl (C=O) groups excluding carboxylic acids is 1. The van der Waals surface area contributed by atoms with E-state index in [1.807, 2.05) is 12.1 Å². The Hall–Kier alpha value is -1.99. The van der Waals surface area contributed by atoms with Gasteiger partial charge in [-0.1, -0.05) is 0 Å². The van der Waals surface area contributed by atoms with Gasteiger partial charge in [-0.3, -0.25) is 19.2 Å². The molecule has 1 saturated heterocycles. The lowest BCUT2D eigenvalue weighted by Gasteiger charge is -2.31. The summed E-state index contributed by atoms with van der Waals surface area (Å²) in [6, 6.07) is 3.91. The maximum Gasteiger partial charge on any atom is 0.325 e. The van der Waals surface area contributed by atoms with Crippen LogP contribution in [0.4, 0.5) is 0 Å². The Labute approximate surface area is 144 Å². The van der Waals surface area contributed by atoms with Gasteiger partial charge >= 0.3 is 5.97 Å². The summed E-state index contributed by atoms with van der Waals surface area (Å²) >= 11 is 1.50. The van der Waals surface area contributed by atoms with Gasteiger partial charge in [0.15, 0.2) is 5.78 Å². The van der Waals surface area contributed by atoms with Crippen LogP contribution >= 0.6 is 11.3 Å². The fourth-order valence-electron chi connectivity index (χ4n) is 3.16. The van der Waals surface area contributed by atoms with Gasteiger partial charge in [0.25, 0.3) is 0 Å². The van der Waals surface area contributed by atoms with Gasteiger partial charge in [-0.05, 0) is 49.4 Å².